The third kappa shape index (κ3) is 5.28. The molecule has 0 bridgehead atoms. The maximum atomic E-state index is 13.1. The van der Waals surface area contributed by atoms with Crippen LogP contribution < -0.4 is 4.74 Å². The highest BCUT2D eigenvalue weighted by Gasteiger charge is 2.32. The molecule has 0 radical (unpaired) electrons. The largest absolute Gasteiger partial charge is 0.490 e. The van der Waals surface area contributed by atoms with E-state index in [1.54, 1.807) is 17.0 Å². The van der Waals surface area contributed by atoms with Gasteiger partial charge in [-0.2, -0.15) is 0 Å². The van der Waals surface area contributed by atoms with Crippen LogP contribution in [0.3, 0.4) is 0 Å². The Hall–Kier alpha value is -2.12. The number of ether oxygens (including phenoxy) is 1. The number of aliphatic imine (C=N–C) groups is 1. The molecule has 3 rings (SSSR count). The van der Waals surface area contributed by atoms with Gasteiger partial charge < -0.3 is 4.74 Å². The van der Waals surface area contributed by atoms with Crippen molar-refractivity contribution in [2.45, 2.75) is 33.3 Å². The van der Waals surface area contributed by atoms with Crippen molar-refractivity contribution in [3.05, 3.63) is 63.2 Å². The van der Waals surface area contributed by atoms with Gasteiger partial charge >= 0.3 is 0 Å². The summed E-state index contributed by atoms with van der Waals surface area (Å²) in [6.45, 7) is 6.51. The molecule has 1 aliphatic rings. The summed E-state index contributed by atoms with van der Waals surface area (Å²) < 4.78 is 19.8. The summed E-state index contributed by atoms with van der Waals surface area (Å²) in [5, 5.41) is 0.589. The lowest BCUT2D eigenvalue weighted by molar-refractivity contribution is -0.122. The molecule has 0 spiro atoms. The summed E-state index contributed by atoms with van der Waals surface area (Å²) >= 11 is 4.86. The zero-order valence-corrected chi connectivity index (χ0v) is 18.9. The summed E-state index contributed by atoms with van der Waals surface area (Å²) in [6, 6.07) is 11.7. The van der Waals surface area contributed by atoms with Crippen LogP contribution in [-0.2, 0) is 4.79 Å². The molecule has 2 aromatic carbocycles. The number of carbonyl (C=O) groups is 1. The van der Waals surface area contributed by atoms with Crippen molar-refractivity contribution in [2.75, 3.05) is 6.54 Å². The van der Waals surface area contributed by atoms with Crippen LogP contribution >= 0.6 is 27.7 Å². The Morgan fingerprint density at radius 1 is 1.24 bits per heavy atom. The van der Waals surface area contributed by atoms with Gasteiger partial charge in [-0.25, -0.2) is 9.38 Å². The summed E-state index contributed by atoms with van der Waals surface area (Å²) in [6.07, 6.45) is 2.90. The second kappa shape index (κ2) is 9.59. The Labute approximate surface area is 183 Å². The number of hydrogen-bond donors (Lipinski definition) is 0. The van der Waals surface area contributed by atoms with Crippen molar-refractivity contribution < 1.29 is 13.9 Å². The molecular formula is C22H22BrFN2O2S. The van der Waals surface area contributed by atoms with E-state index in [1.165, 1.54) is 23.9 Å². The molecule has 1 saturated heterocycles. The van der Waals surface area contributed by atoms with E-state index in [1.807, 2.05) is 38.1 Å². The monoisotopic (exact) mass is 476 g/mol. The van der Waals surface area contributed by atoms with Crippen LogP contribution in [0.4, 0.5) is 10.1 Å². The van der Waals surface area contributed by atoms with Crippen LogP contribution in [0.15, 0.2) is 56.8 Å². The summed E-state index contributed by atoms with van der Waals surface area (Å²) in [5.74, 6) is 0.374. The zero-order valence-electron chi connectivity index (χ0n) is 16.5. The minimum absolute atomic E-state index is 0.0885. The molecule has 1 heterocycles. The third-order valence-corrected chi connectivity index (χ3v) is 6.04. The second-order valence-corrected chi connectivity index (χ2v) is 8.42. The molecule has 29 heavy (non-hydrogen) atoms. The number of amides is 1. The Balaban J connectivity index is 1.85. The molecule has 152 valence electrons. The highest BCUT2D eigenvalue weighted by molar-refractivity contribution is 9.10. The first-order valence-electron chi connectivity index (χ1n) is 9.43. The minimum Gasteiger partial charge on any atom is -0.490 e. The lowest BCUT2D eigenvalue weighted by atomic mass is 10.2. The first kappa shape index (κ1) is 21.6. The van der Waals surface area contributed by atoms with Gasteiger partial charge in [0, 0.05) is 6.54 Å². The normalized spacial score (nSPS) is 18.0. The van der Waals surface area contributed by atoms with E-state index in [-0.39, 0.29) is 17.8 Å². The van der Waals surface area contributed by atoms with Crippen LogP contribution in [0.2, 0.25) is 0 Å². The van der Waals surface area contributed by atoms with Crippen LogP contribution in [0.1, 0.15) is 32.8 Å². The van der Waals surface area contributed by atoms with E-state index in [9.17, 15) is 9.18 Å². The van der Waals surface area contributed by atoms with E-state index in [0.717, 1.165) is 22.2 Å². The minimum atomic E-state index is -0.316. The Bertz CT molecular complexity index is 960. The van der Waals surface area contributed by atoms with Gasteiger partial charge in [0.15, 0.2) is 5.17 Å². The van der Waals surface area contributed by atoms with Gasteiger partial charge in [0.1, 0.15) is 11.6 Å². The topological polar surface area (TPSA) is 41.9 Å². The predicted octanol–water partition coefficient (Wildman–Crippen LogP) is 6.39. The van der Waals surface area contributed by atoms with Gasteiger partial charge in [0.25, 0.3) is 5.91 Å². The summed E-state index contributed by atoms with van der Waals surface area (Å²) in [4.78, 5) is 19.5. The fourth-order valence-corrected chi connectivity index (χ4v) is 4.20. The fraction of sp³-hybridized carbons (Fsp3) is 0.273. The number of nitrogens with zero attached hydrogens (tertiary/aromatic N) is 2. The van der Waals surface area contributed by atoms with Crippen molar-refractivity contribution in [1.82, 2.24) is 4.90 Å². The smallest absolute Gasteiger partial charge is 0.266 e. The Morgan fingerprint density at radius 2 is 1.97 bits per heavy atom. The van der Waals surface area contributed by atoms with Crippen LogP contribution in [0.5, 0.6) is 5.75 Å². The van der Waals surface area contributed by atoms with Crippen molar-refractivity contribution in [1.29, 1.82) is 0 Å². The molecule has 0 saturated carbocycles. The van der Waals surface area contributed by atoms with Gasteiger partial charge in [0.2, 0.25) is 0 Å². The Morgan fingerprint density at radius 3 is 2.59 bits per heavy atom. The number of carbonyl (C=O) groups excluding carboxylic acids is 1. The highest BCUT2D eigenvalue weighted by Crippen LogP contribution is 2.35. The quantitative estimate of drug-likeness (QED) is 0.453. The number of amidine groups is 1. The molecule has 1 fully saturated rings. The SMILES string of the molecule is CC[C@H](C)Oc1ccc(/C=C2/SC(=Nc3ccc(F)cc3)N(CC)C2=O)cc1Br. The number of thioether (sulfide) groups is 1. The molecule has 4 nitrogen and oxygen atoms in total. The first-order valence-corrected chi connectivity index (χ1v) is 11.0. The van der Waals surface area contributed by atoms with Crippen molar-refractivity contribution in [3.63, 3.8) is 0 Å². The number of rotatable bonds is 6. The maximum absolute atomic E-state index is 13.1. The number of likely N-dealkylation sites (N-methyl/N-ethyl adjacent to an activating group) is 1. The molecule has 7 heteroatoms. The molecule has 0 aromatic heterocycles. The van der Waals surface area contributed by atoms with Gasteiger partial charge in [-0.15, -0.1) is 0 Å². The van der Waals surface area contributed by atoms with Gasteiger partial charge in [0.05, 0.1) is 21.2 Å². The van der Waals surface area contributed by atoms with Crippen molar-refractivity contribution in [3.8, 4) is 5.75 Å². The van der Waals surface area contributed by atoms with Crippen molar-refractivity contribution in [2.24, 2.45) is 4.99 Å². The number of hydrogen-bond acceptors (Lipinski definition) is 4. The van der Waals surface area contributed by atoms with Crippen molar-refractivity contribution >= 4 is 50.5 Å². The van der Waals surface area contributed by atoms with E-state index in [4.69, 9.17) is 4.74 Å². The molecular weight excluding hydrogens is 455 g/mol. The van der Waals surface area contributed by atoms with Gasteiger partial charge in [-0.1, -0.05) is 13.0 Å². The summed E-state index contributed by atoms with van der Waals surface area (Å²) in [7, 11) is 0. The van der Waals surface area contributed by atoms with Gasteiger partial charge in [-0.05, 0) is 96.0 Å². The Kier molecular flexibility index (Phi) is 7.14. The van der Waals surface area contributed by atoms with E-state index >= 15 is 0 Å². The number of halogens is 2. The highest BCUT2D eigenvalue weighted by atomic mass is 79.9. The second-order valence-electron chi connectivity index (χ2n) is 6.56. The lowest BCUT2D eigenvalue weighted by Crippen LogP contribution is -2.28. The molecule has 0 N–H and O–H groups in total. The summed E-state index contributed by atoms with van der Waals surface area (Å²) in [5.41, 5.74) is 1.50. The maximum Gasteiger partial charge on any atom is 0.266 e. The molecule has 1 amide bonds. The molecule has 0 aliphatic carbocycles. The third-order valence-electron chi connectivity index (χ3n) is 4.41. The molecule has 1 aliphatic heterocycles. The molecule has 2 aromatic rings. The van der Waals surface area contributed by atoms with Crippen LogP contribution in [0, 0.1) is 5.82 Å². The standard InChI is InChI=1S/C22H22BrFN2O2S/c1-4-14(3)28-19-11-6-15(12-18(19)23)13-20-21(27)26(5-2)22(29-20)25-17-9-7-16(24)8-10-17/h6-14H,4-5H2,1-3H3/b20-13+,25-22?/t14-/m0/s1. The van der Waals surface area contributed by atoms with E-state index in [0.29, 0.717) is 22.3 Å². The first-order chi connectivity index (χ1) is 13.9. The average Bonchev–Trinajstić information content (AvgIpc) is 2.99. The van der Waals surface area contributed by atoms with Crippen LogP contribution in [-0.4, -0.2) is 28.6 Å². The van der Waals surface area contributed by atoms with E-state index in [2.05, 4.69) is 27.8 Å². The van der Waals surface area contributed by atoms with Gasteiger partial charge in [-0.3, -0.25) is 9.69 Å². The fourth-order valence-electron chi connectivity index (χ4n) is 2.65. The molecule has 1 atom stereocenters. The molecule has 0 unspecified atom stereocenters. The zero-order chi connectivity index (χ0) is 21.0. The average molecular weight is 477 g/mol. The number of benzene rings is 2. The van der Waals surface area contributed by atoms with Crippen LogP contribution in [0.25, 0.3) is 6.08 Å². The lowest BCUT2D eigenvalue weighted by Gasteiger charge is -2.14. The predicted molar refractivity (Wildman–Crippen MR) is 121 cm³/mol. The van der Waals surface area contributed by atoms with E-state index < -0.39 is 0 Å².